The van der Waals surface area contributed by atoms with Gasteiger partial charge in [0.25, 0.3) is 0 Å². The molecule has 0 aromatic heterocycles. The number of benzene rings is 2. The van der Waals surface area contributed by atoms with E-state index in [4.69, 9.17) is 9.47 Å². The summed E-state index contributed by atoms with van der Waals surface area (Å²) in [4.78, 5) is 12.2. The first-order chi connectivity index (χ1) is 10.1. The zero-order valence-electron chi connectivity index (χ0n) is 11.4. The summed E-state index contributed by atoms with van der Waals surface area (Å²) in [6.07, 6.45) is 0. The van der Waals surface area contributed by atoms with Crippen LogP contribution < -0.4 is 9.47 Å². The average Bonchev–Trinajstić information content (AvgIpc) is 2.49. The number of carbonyl (C=O) groups excluding carboxylic acids is 1. The number of ether oxygens (including phenoxy) is 2. The topological polar surface area (TPSA) is 35.5 Å². The highest BCUT2D eigenvalue weighted by Gasteiger charge is 2.13. The number of ketones is 1. The molecule has 0 spiro atoms. The van der Waals surface area contributed by atoms with Gasteiger partial charge in [0.2, 0.25) is 5.78 Å². The van der Waals surface area contributed by atoms with Crippen molar-refractivity contribution in [1.82, 2.24) is 0 Å². The minimum Gasteiger partial charge on any atom is -0.493 e. The lowest BCUT2D eigenvalue weighted by molar-refractivity contribution is 0.0917. The molecule has 0 fully saturated rings. The van der Waals surface area contributed by atoms with Crippen molar-refractivity contribution in [1.29, 1.82) is 0 Å². The molecule has 3 nitrogen and oxygen atoms in total. The van der Waals surface area contributed by atoms with Crippen molar-refractivity contribution in [3.8, 4) is 11.5 Å². The highest BCUT2D eigenvalue weighted by Crippen LogP contribution is 2.23. The molecule has 0 heterocycles. The first kappa shape index (κ1) is 15.5. The number of Topliss-reactive ketones (excluding diaryl/α,β-unsaturated/α-hetero) is 1. The molecule has 2 rings (SSSR count). The van der Waals surface area contributed by atoms with Crippen molar-refractivity contribution in [3.05, 3.63) is 58.3 Å². The molecule has 0 saturated heterocycles. The first-order valence-corrected chi connectivity index (χ1v) is 7.24. The third-order valence-electron chi connectivity index (χ3n) is 2.75. The van der Waals surface area contributed by atoms with Gasteiger partial charge in [-0.1, -0.05) is 12.1 Å². The Labute approximate surface area is 130 Å². The molecule has 0 atom stereocenters. The van der Waals surface area contributed by atoms with E-state index in [1.165, 1.54) is 18.2 Å². The van der Waals surface area contributed by atoms with Gasteiger partial charge in [0, 0.05) is 0 Å². The summed E-state index contributed by atoms with van der Waals surface area (Å²) in [5.74, 6) is 0.384. The monoisotopic (exact) mass is 352 g/mol. The molecule has 0 bridgehead atoms. The van der Waals surface area contributed by atoms with Gasteiger partial charge in [0.05, 0.1) is 16.6 Å². The van der Waals surface area contributed by atoms with Gasteiger partial charge in [0.1, 0.15) is 17.3 Å². The van der Waals surface area contributed by atoms with Crippen molar-refractivity contribution in [3.63, 3.8) is 0 Å². The molecular formula is C16H14BrFO3. The van der Waals surface area contributed by atoms with Crippen molar-refractivity contribution < 1.29 is 18.7 Å². The Morgan fingerprint density at radius 1 is 1.19 bits per heavy atom. The fourth-order valence-corrected chi connectivity index (χ4v) is 2.13. The predicted octanol–water partition coefficient (Wildman–Crippen LogP) is 4.25. The molecule has 2 aromatic carbocycles. The molecule has 21 heavy (non-hydrogen) atoms. The number of hydrogen-bond donors (Lipinski definition) is 0. The summed E-state index contributed by atoms with van der Waals surface area (Å²) in [6.45, 7) is 2.20. The number of halogens is 2. The van der Waals surface area contributed by atoms with Gasteiger partial charge in [0.15, 0.2) is 6.61 Å². The van der Waals surface area contributed by atoms with Gasteiger partial charge in [-0.25, -0.2) is 4.39 Å². The van der Waals surface area contributed by atoms with E-state index in [1.54, 1.807) is 24.3 Å². The second-order valence-electron chi connectivity index (χ2n) is 4.22. The number of hydrogen-bond acceptors (Lipinski definition) is 3. The van der Waals surface area contributed by atoms with Crippen LogP contribution in [-0.2, 0) is 0 Å². The molecule has 5 heteroatoms. The van der Waals surface area contributed by atoms with E-state index >= 15 is 0 Å². The van der Waals surface area contributed by atoms with Gasteiger partial charge in [-0.3, -0.25) is 4.79 Å². The predicted molar refractivity (Wildman–Crippen MR) is 81.5 cm³/mol. The lowest BCUT2D eigenvalue weighted by Gasteiger charge is -2.10. The van der Waals surface area contributed by atoms with Crippen molar-refractivity contribution in [2.24, 2.45) is 0 Å². The Morgan fingerprint density at radius 3 is 2.67 bits per heavy atom. The van der Waals surface area contributed by atoms with Crippen LogP contribution in [0.5, 0.6) is 11.5 Å². The third kappa shape index (κ3) is 4.04. The number of para-hydroxylation sites is 1. The Hall–Kier alpha value is -1.88. The zero-order valence-corrected chi connectivity index (χ0v) is 13.0. The smallest absolute Gasteiger partial charge is 0.203 e. The van der Waals surface area contributed by atoms with E-state index in [2.05, 4.69) is 15.9 Å². The van der Waals surface area contributed by atoms with Crippen LogP contribution in [0.2, 0.25) is 0 Å². The van der Waals surface area contributed by atoms with Gasteiger partial charge >= 0.3 is 0 Å². The fraction of sp³-hybridized carbons (Fsp3) is 0.188. The molecule has 0 saturated carbocycles. The van der Waals surface area contributed by atoms with E-state index in [0.717, 1.165) is 0 Å². The molecule has 0 aliphatic carbocycles. The minimum atomic E-state index is -0.379. The maximum absolute atomic E-state index is 13.1. The van der Waals surface area contributed by atoms with E-state index in [9.17, 15) is 9.18 Å². The average molecular weight is 353 g/mol. The number of carbonyl (C=O) groups is 1. The van der Waals surface area contributed by atoms with E-state index in [0.29, 0.717) is 28.1 Å². The molecular weight excluding hydrogens is 339 g/mol. The lowest BCUT2D eigenvalue weighted by Crippen LogP contribution is -2.13. The Bertz CT molecular complexity index is 643. The van der Waals surface area contributed by atoms with Crippen LogP contribution in [0.25, 0.3) is 0 Å². The second kappa shape index (κ2) is 7.22. The maximum Gasteiger partial charge on any atom is 0.203 e. The van der Waals surface area contributed by atoms with Crippen molar-refractivity contribution >= 4 is 21.7 Å². The normalized spacial score (nSPS) is 10.2. The van der Waals surface area contributed by atoms with Crippen LogP contribution in [0.15, 0.2) is 46.9 Å². The lowest BCUT2D eigenvalue weighted by atomic mass is 10.1. The van der Waals surface area contributed by atoms with Crippen molar-refractivity contribution in [2.45, 2.75) is 6.92 Å². The molecule has 0 N–H and O–H groups in total. The Kier molecular flexibility index (Phi) is 5.33. The highest BCUT2D eigenvalue weighted by atomic mass is 79.9. The largest absolute Gasteiger partial charge is 0.493 e. The Balaban J connectivity index is 2.06. The SMILES string of the molecule is CCOc1ccccc1C(=O)COc1ccc(F)c(Br)c1. The number of rotatable bonds is 6. The Morgan fingerprint density at radius 2 is 1.95 bits per heavy atom. The molecule has 110 valence electrons. The second-order valence-corrected chi connectivity index (χ2v) is 5.07. The minimum absolute atomic E-state index is 0.137. The fourth-order valence-electron chi connectivity index (χ4n) is 1.77. The molecule has 0 radical (unpaired) electrons. The van der Waals surface area contributed by atoms with Gasteiger partial charge < -0.3 is 9.47 Å². The van der Waals surface area contributed by atoms with Crippen LogP contribution in [-0.4, -0.2) is 19.0 Å². The zero-order chi connectivity index (χ0) is 15.2. The quantitative estimate of drug-likeness (QED) is 0.729. The summed E-state index contributed by atoms with van der Waals surface area (Å²) in [5, 5.41) is 0. The summed E-state index contributed by atoms with van der Waals surface area (Å²) in [7, 11) is 0. The molecule has 0 aliphatic heterocycles. The van der Waals surface area contributed by atoms with Crippen LogP contribution in [0, 0.1) is 5.82 Å². The van der Waals surface area contributed by atoms with E-state index in [1.807, 2.05) is 6.92 Å². The van der Waals surface area contributed by atoms with Gasteiger partial charge in [-0.2, -0.15) is 0 Å². The molecule has 0 aliphatic rings. The van der Waals surface area contributed by atoms with Crippen LogP contribution in [0.3, 0.4) is 0 Å². The first-order valence-electron chi connectivity index (χ1n) is 6.44. The van der Waals surface area contributed by atoms with Crippen LogP contribution in [0.4, 0.5) is 4.39 Å². The van der Waals surface area contributed by atoms with Gasteiger partial charge in [-0.05, 0) is 53.2 Å². The van der Waals surface area contributed by atoms with Gasteiger partial charge in [-0.15, -0.1) is 0 Å². The van der Waals surface area contributed by atoms with E-state index < -0.39 is 0 Å². The summed E-state index contributed by atoms with van der Waals surface area (Å²) in [6, 6.07) is 11.2. The summed E-state index contributed by atoms with van der Waals surface area (Å²) in [5.41, 5.74) is 0.473. The van der Waals surface area contributed by atoms with Crippen molar-refractivity contribution in [2.75, 3.05) is 13.2 Å². The van der Waals surface area contributed by atoms with E-state index in [-0.39, 0.29) is 18.2 Å². The molecule has 2 aromatic rings. The van der Waals surface area contributed by atoms with Crippen LogP contribution >= 0.6 is 15.9 Å². The third-order valence-corrected chi connectivity index (χ3v) is 3.36. The molecule has 0 amide bonds. The standard InChI is InChI=1S/C16H14BrFO3/c1-2-20-16-6-4-3-5-12(16)15(19)10-21-11-7-8-14(18)13(17)9-11/h3-9H,2,10H2,1H3. The highest BCUT2D eigenvalue weighted by molar-refractivity contribution is 9.10. The molecule has 0 unspecified atom stereocenters. The maximum atomic E-state index is 13.1. The van der Waals surface area contributed by atoms with Crippen LogP contribution in [0.1, 0.15) is 17.3 Å². The summed E-state index contributed by atoms with van der Waals surface area (Å²) >= 11 is 3.07. The summed E-state index contributed by atoms with van der Waals surface area (Å²) < 4.78 is 24.2.